The number of rotatable bonds is 9. The Morgan fingerprint density at radius 1 is 1.13 bits per heavy atom. The van der Waals surface area contributed by atoms with E-state index in [9.17, 15) is 9.90 Å². The van der Waals surface area contributed by atoms with Crippen LogP contribution in [0.1, 0.15) is 47.3 Å². The van der Waals surface area contributed by atoms with Crippen molar-refractivity contribution in [2.75, 3.05) is 23.8 Å². The molecule has 10 nitrogen and oxygen atoms in total. The molecule has 0 bridgehead atoms. The SMILES string of the molecule is C=CCN1C(=O)c2ccc(Nc3cc(N[C@H](CO)c4ccccc4)c(-c4nc(C)no4)cn3)nc2C1(C)C. The highest BCUT2D eigenvalue weighted by atomic mass is 16.5. The molecule has 194 valence electrons. The summed E-state index contributed by atoms with van der Waals surface area (Å²) in [7, 11) is 0. The van der Waals surface area contributed by atoms with E-state index >= 15 is 0 Å². The maximum Gasteiger partial charge on any atom is 0.261 e. The fourth-order valence-electron chi connectivity index (χ4n) is 4.59. The minimum Gasteiger partial charge on any atom is -0.394 e. The third kappa shape index (κ3) is 4.61. The van der Waals surface area contributed by atoms with E-state index in [1.165, 1.54) is 0 Å². The lowest BCUT2D eigenvalue weighted by Crippen LogP contribution is -2.39. The predicted molar refractivity (Wildman–Crippen MR) is 144 cm³/mol. The van der Waals surface area contributed by atoms with Crippen LogP contribution in [0.4, 0.5) is 17.3 Å². The van der Waals surface area contributed by atoms with Gasteiger partial charge in [-0.2, -0.15) is 4.98 Å². The van der Waals surface area contributed by atoms with Crippen molar-refractivity contribution in [2.45, 2.75) is 32.4 Å². The summed E-state index contributed by atoms with van der Waals surface area (Å²) in [5.74, 6) is 1.80. The Labute approximate surface area is 220 Å². The average Bonchev–Trinajstić information content (AvgIpc) is 3.43. The van der Waals surface area contributed by atoms with Gasteiger partial charge >= 0.3 is 0 Å². The highest BCUT2D eigenvalue weighted by molar-refractivity contribution is 5.99. The summed E-state index contributed by atoms with van der Waals surface area (Å²) in [4.78, 5) is 28.3. The first-order chi connectivity index (χ1) is 18.3. The minimum atomic E-state index is -0.581. The lowest BCUT2D eigenvalue weighted by Gasteiger charge is -2.30. The predicted octanol–water partition coefficient (Wildman–Crippen LogP) is 4.60. The molecule has 38 heavy (non-hydrogen) atoms. The molecule has 0 saturated heterocycles. The lowest BCUT2D eigenvalue weighted by molar-refractivity contribution is 0.0649. The third-order valence-corrected chi connectivity index (χ3v) is 6.57. The molecule has 1 atom stereocenters. The van der Waals surface area contributed by atoms with Crippen molar-refractivity contribution in [1.82, 2.24) is 25.0 Å². The Kier molecular flexibility index (Phi) is 6.64. The molecule has 5 rings (SSSR count). The molecular weight excluding hydrogens is 482 g/mol. The van der Waals surface area contributed by atoms with Gasteiger partial charge < -0.3 is 25.2 Å². The van der Waals surface area contributed by atoms with Crippen LogP contribution in [0.2, 0.25) is 0 Å². The van der Waals surface area contributed by atoms with Crippen molar-refractivity contribution in [3.63, 3.8) is 0 Å². The molecule has 0 radical (unpaired) electrons. The van der Waals surface area contributed by atoms with E-state index in [1.54, 1.807) is 42.3 Å². The van der Waals surface area contributed by atoms with Crippen LogP contribution >= 0.6 is 0 Å². The number of aromatic nitrogens is 4. The van der Waals surface area contributed by atoms with Crippen molar-refractivity contribution in [2.24, 2.45) is 0 Å². The lowest BCUT2D eigenvalue weighted by atomic mass is 9.99. The fraction of sp³-hybridized carbons (Fsp3) is 0.250. The van der Waals surface area contributed by atoms with Crippen molar-refractivity contribution in [1.29, 1.82) is 0 Å². The summed E-state index contributed by atoms with van der Waals surface area (Å²) in [5.41, 5.74) is 2.85. The standard InChI is InChI=1S/C28H29N7O3/c1-5-13-35-27(37)19-11-12-23(33-25(19)28(35,3)4)32-24-14-21(20(15-29-24)26-30-17(2)34-38-26)31-22(16-36)18-9-7-6-8-10-18/h5-12,14-15,22,36H,1,13,16H2,2-4H3,(H2,29,31,32,33)/t22-/m1/s1. The number of aryl methyl sites for hydroxylation is 1. The van der Waals surface area contributed by atoms with Crippen LogP contribution in [-0.2, 0) is 5.54 Å². The van der Waals surface area contributed by atoms with E-state index in [-0.39, 0.29) is 18.6 Å². The van der Waals surface area contributed by atoms with Crippen molar-refractivity contribution < 1.29 is 14.4 Å². The Bertz CT molecular complexity index is 1480. The maximum atomic E-state index is 12.9. The third-order valence-electron chi connectivity index (χ3n) is 6.57. The Morgan fingerprint density at radius 3 is 2.61 bits per heavy atom. The van der Waals surface area contributed by atoms with Gasteiger partial charge in [0.25, 0.3) is 11.8 Å². The van der Waals surface area contributed by atoms with E-state index < -0.39 is 5.54 Å². The van der Waals surface area contributed by atoms with Gasteiger partial charge in [0.05, 0.1) is 40.7 Å². The number of hydrogen-bond acceptors (Lipinski definition) is 9. The zero-order valence-corrected chi connectivity index (χ0v) is 21.5. The zero-order valence-electron chi connectivity index (χ0n) is 21.5. The van der Waals surface area contributed by atoms with Gasteiger partial charge in [0.1, 0.15) is 11.6 Å². The molecule has 1 aliphatic rings. The van der Waals surface area contributed by atoms with E-state index in [0.717, 1.165) is 5.56 Å². The number of carbonyl (C=O) groups excluding carboxylic acids is 1. The first kappa shape index (κ1) is 25.1. The molecule has 4 aromatic rings. The molecule has 0 fully saturated rings. The van der Waals surface area contributed by atoms with E-state index in [4.69, 9.17) is 9.51 Å². The molecule has 0 saturated carbocycles. The van der Waals surface area contributed by atoms with Gasteiger partial charge in [0.2, 0.25) is 0 Å². The summed E-state index contributed by atoms with van der Waals surface area (Å²) in [6, 6.07) is 14.6. The average molecular weight is 512 g/mol. The number of fused-ring (bicyclic) bond motifs is 1. The molecule has 10 heteroatoms. The molecule has 3 N–H and O–H groups in total. The van der Waals surface area contributed by atoms with E-state index in [0.29, 0.717) is 52.4 Å². The monoisotopic (exact) mass is 511 g/mol. The number of nitrogens with zero attached hydrogens (tertiary/aromatic N) is 5. The number of nitrogens with one attached hydrogen (secondary N) is 2. The van der Waals surface area contributed by atoms with Crippen LogP contribution in [0.15, 0.2) is 71.9 Å². The summed E-state index contributed by atoms with van der Waals surface area (Å²) >= 11 is 0. The van der Waals surface area contributed by atoms with E-state index in [1.807, 2.05) is 44.2 Å². The van der Waals surface area contributed by atoms with Crippen LogP contribution in [-0.4, -0.2) is 49.2 Å². The fourth-order valence-corrected chi connectivity index (χ4v) is 4.59. The van der Waals surface area contributed by atoms with Crippen LogP contribution in [0.3, 0.4) is 0 Å². The topological polar surface area (TPSA) is 129 Å². The molecular formula is C28H29N7O3. The minimum absolute atomic E-state index is 0.0660. The summed E-state index contributed by atoms with van der Waals surface area (Å²) in [6.07, 6.45) is 3.34. The Morgan fingerprint density at radius 2 is 1.92 bits per heavy atom. The molecule has 1 aliphatic heterocycles. The smallest absolute Gasteiger partial charge is 0.261 e. The number of carbonyl (C=O) groups is 1. The van der Waals surface area contributed by atoms with Gasteiger partial charge in [-0.05, 0) is 38.5 Å². The molecule has 4 heterocycles. The number of aliphatic hydroxyl groups excluding tert-OH is 1. The number of benzene rings is 1. The molecule has 3 aromatic heterocycles. The molecule has 1 amide bonds. The number of hydrogen-bond donors (Lipinski definition) is 3. The van der Waals surface area contributed by atoms with Crippen LogP contribution in [0, 0.1) is 6.92 Å². The van der Waals surface area contributed by atoms with Gasteiger partial charge in [-0.15, -0.1) is 6.58 Å². The van der Waals surface area contributed by atoms with Gasteiger partial charge in [-0.3, -0.25) is 4.79 Å². The summed E-state index contributed by atoms with van der Waals surface area (Å²) in [5, 5.41) is 20.7. The molecule has 1 aromatic carbocycles. The Hall–Kier alpha value is -4.57. The highest BCUT2D eigenvalue weighted by Crippen LogP contribution is 2.38. The van der Waals surface area contributed by atoms with Gasteiger partial charge in [-0.25, -0.2) is 9.97 Å². The normalized spacial score (nSPS) is 14.7. The molecule has 0 unspecified atom stereocenters. The second kappa shape index (κ2) is 10.1. The highest BCUT2D eigenvalue weighted by Gasteiger charge is 2.43. The number of pyridine rings is 2. The zero-order chi connectivity index (χ0) is 26.9. The quantitative estimate of drug-likeness (QED) is 0.276. The van der Waals surface area contributed by atoms with Gasteiger partial charge in [0, 0.05) is 18.8 Å². The second-order valence-corrected chi connectivity index (χ2v) is 9.53. The first-order valence-electron chi connectivity index (χ1n) is 12.3. The van der Waals surface area contributed by atoms with Crippen LogP contribution < -0.4 is 10.6 Å². The first-order valence-corrected chi connectivity index (χ1v) is 12.3. The van der Waals surface area contributed by atoms with E-state index in [2.05, 4.69) is 32.3 Å². The molecule has 0 aliphatic carbocycles. The second-order valence-electron chi connectivity index (χ2n) is 9.53. The number of anilines is 3. The number of aliphatic hydroxyl groups is 1. The number of amides is 1. The van der Waals surface area contributed by atoms with Crippen molar-refractivity contribution >= 4 is 23.2 Å². The Balaban J connectivity index is 1.49. The van der Waals surface area contributed by atoms with Crippen molar-refractivity contribution in [3.8, 4) is 11.5 Å². The van der Waals surface area contributed by atoms with Gasteiger partial charge in [0.15, 0.2) is 5.82 Å². The summed E-state index contributed by atoms with van der Waals surface area (Å²) in [6.45, 7) is 9.76. The molecule has 0 spiro atoms. The summed E-state index contributed by atoms with van der Waals surface area (Å²) < 4.78 is 5.40. The van der Waals surface area contributed by atoms with Crippen LogP contribution in [0.25, 0.3) is 11.5 Å². The maximum absolute atomic E-state index is 12.9. The van der Waals surface area contributed by atoms with Crippen LogP contribution in [0.5, 0.6) is 0 Å². The van der Waals surface area contributed by atoms with Crippen molar-refractivity contribution in [3.05, 3.63) is 90.0 Å². The van der Waals surface area contributed by atoms with Gasteiger partial charge in [-0.1, -0.05) is 41.6 Å². The largest absolute Gasteiger partial charge is 0.394 e.